The van der Waals surface area contributed by atoms with Crippen molar-refractivity contribution in [3.05, 3.63) is 0 Å². The average molecular weight is 463 g/mol. The van der Waals surface area contributed by atoms with Crippen LogP contribution in [-0.4, -0.2) is 32.4 Å². The van der Waals surface area contributed by atoms with E-state index in [0.29, 0.717) is 26.4 Å². The summed E-state index contributed by atoms with van der Waals surface area (Å²) in [5.74, 6) is 0.0714. The van der Waals surface area contributed by atoms with Crippen LogP contribution in [0.15, 0.2) is 0 Å². The number of unbranched alkanes of at least 4 members (excludes halogenated alkanes) is 11. The first-order valence-electron chi connectivity index (χ1n) is 12.8. The Bertz CT molecular complexity index is 475. The number of esters is 1. The molecular weight excluding hydrogens is 415 g/mol. The first kappa shape index (κ1) is 28.6. The van der Waals surface area contributed by atoms with E-state index in [-0.39, 0.29) is 11.9 Å². The molecule has 7 heteroatoms. The molecule has 31 heavy (non-hydrogen) atoms. The molecule has 0 aliphatic carbocycles. The van der Waals surface area contributed by atoms with Crippen molar-refractivity contribution >= 4 is 13.8 Å². The zero-order chi connectivity index (χ0) is 22.6. The molecule has 0 aromatic heterocycles. The van der Waals surface area contributed by atoms with Crippen molar-refractivity contribution in [2.24, 2.45) is 5.92 Å². The highest BCUT2D eigenvalue weighted by Crippen LogP contribution is 2.52. The van der Waals surface area contributed by atoms with E-state index in [2.05, 4.69) is 13.8 Å². The number of carbonyl (C=O) groups excluding carboxylic acids is 1. The minimum absolute atomic E-state index is 0.00187. The normalized spacial score (nSPS) is 16.5. The van der Waals surface area contributed by atoms with E-state index in [4.69, 9.17) is 18.3 Å². The summed E-state index contributed by atoms with van der Waals surface area (Å²) in [4.78, 5) is 12.6. The molecule has 1 atom stereocenters. The van der Waals surface area contributed by atoms with Gasteiger partial charge in [0.25, 0.3) is 0 Å². The molecule has 0 N–H and O–H groups in total. The molecule has 184 valence electrons. The number of ether oxygens (including phenoxy) is 1. The van der Waals surface area contributed by atoms with Crippen molar-refractivity contribution in [1.82, 2.24) is 0 Å². The van der Waals surface area contributed by atoms with Crippen LogP contribution in [0.1, 0.15) is 117 Å². The molecule has 1 unspecified atom stereocenters. The fourth-order valence-electron chi connectivity index (χ4n) is 3.80. The van der Waals surface area contributed by atoms with Crippen LogP contribution in [0.2, 0.25) is 0 Å². The molecule has 0 radical (unpaired) electrons. The van der Waals surface area contributed by atoms with Gasteiger partial charge in [-0.2, -0.15) is 0 Å². The largest absolute Gasteiger partial charge is 0.474 e. The number of phosphoric acid groups is 1. The monoisotopic (exact) mass is 462 g/mol. The van der Waals surface area contributed by atoms with Crippen molar-refractivity contribution in [3.8, 4) is 0 Å². The Morgan fingerprint density at radius 2 is 1.23 bits per heavy atom. The molecule has 1 aliphatic rings. The molecule has 0 aromatic rings. The summed E-state index contributed by atoms with van der Waals surface area (Å²) >= 11 is 0. The van der Waals surface area contributed by atoms with Crippen LogP contribution in [0.3, 0.4) is 0 Å². The van der Waals surface area contributed by atoms with Gasteiger partial charge in [0.2, 0.25) is 0 Å². The van der Waals surface area contributed by atoms with Gasteiger partial charge in [0.1, 0.15) is 0 Å². The van der Waals surface area contributed by atoms with Gasteiger partial charge in [-0.3, -0.25) is 18.4 Å². The second kappa shape index (κ2) is 19.1. The fourth-order valence-corrected chi connectivity index (χ4v) is 4.98. The molecule has 1 heterocycles. The van der Waals surface area contributed by atoms with Crippen molar-refractivity contribution in [3.63, 3.8) is 0 Å². The van der Waals surface area contributed by atoms with Crippen molar-refractivity contribution < 1.29 is 27.7 Å². The van der Waals surface area contributed by atoms with Crippen molar-refractivity contribution in [1.29, 1.82) is 0 Å². The number of rotatable bonds is 21. The Kier molecular flexibility index (Phi) is 17.6. The Hall–Kier alpha value is -0.420. The Labute approximate surface area is 190 Å². The van der Waals surface area contributed by atoms with Gasteiger partial charge < -0.3 is 4.74 Å². The van der Waals surface area contributed by atoms with E-state index in [9.17, 15) is 9.36 Å². The smallest absolute Gasteiger partial charge is 0.465 e. The maximum absolute atomic E-state index is 12.6. The van der Waals surface area contributed by atoms with E-state index in [0.717, 1.165) is 51.4 Å². The summed E-state index contributed by atoms with van der Waals surface area (Å²) in [6.45, 7) is 5.98. The summed E-state index contributed by atoms with van der Waals surface area (Å²) in [6, 6.07) is 0. The maximum atomic E-state index is 12.6. The van der Waals surface area contributed by atoms with Gasteiger partial charge in [-0.1, -0.05) is 84.5 Å². The molecule has 0 aromatic carbocycles. The third-order valence-electron chi connectivity index (χ3n) is 5.76. The predicted molar refractivity (Wildman–Crippen MR) is 125 cm³/mol. The fraction of sp³-hybridized carbons (Fsp3) is 0.958. The molecule has 0 saturated carbocycles. The molecule has 0 spiro atoms. The van der Waals surface area contributed by atoms with Crippen LogP contribution < -0.4 is 0 Å². The molecule has 1 rings (SSSR count). The highest BCUT2D eigenvalue weighted by Gasteiger charge is 2.31. The topological polar surface area (TPSA) is 71.1 Å². The number of hydrogen-bond acceptors (Lipinski definition) is 6. The summed E-state index contributed by atoms with van der Waals surface area (Å²) in [7, 11) is -3.26. The Morgan fingerprint density at radius 3 is 1.84 bits per heavy atom. The van der Waals surface area contributed by atoms with Gasteiger partial charge in [-0.25, -0.2) is 4.57 Å². The zero-order valence-corrected chi connectivity index (χ0v) is 21.0. The number of phosphoric ester groups is 1. The van der Waals surface area contributed by atoms with Crippen LogP contribution in [0.5, 0.6) is 0 Å². The highest BCUT2D eigenvalue weighted by molar-refractivity contribution is 7.48. The summed E-state index contributed by atoms with van der Waals surface area (Å²) in [5.41, 5.74) is 0. The Morgan fingerprint density at radius 1 is 0.742 bits per heavy atom. The average Bonchev–Trinajstić information content (AvgIpc) is 3.20. The van der Waals surface area contributed by atoms with Crippen LogP contribution in [0, 0.1) is 5.92 Å². The van der Waals surface area contributed by atoms with Crippen molar-refractivity contribution in [2.45, 2.75) is 117 Å². The second-order valence-electron chi connectivity index (χ2n) is 8.63. The van der Waals surface area contributed by atoms with E-state index < -0.39 is 7.82 Å². The summed E-state index contributed by atoms with van der Waals surface area (Å²) in [5, 5.41) is 0. The Balaban J connectivity index is 2.12. The van der Waals surface area contributed by atoms with Crippen LogP contribution in [-0.2, 0) is 27.7 Å². The third kappa shape index (κ3) is 15.1. The van der Waals surface area contributed by atoms with E-state index >= 15 is 0 Å². The van der Waals surface area contributed by atoms with Gasteiger partial charge >= 0.3 is 13.8 Å². The molecule has 0 bridgehead atoms. The lowest BCUT2D eigenvalue weighted by Crippen LogP contribution is -2.18. The van der Waals surface area contributed by atoms with E-state index in [1.807, 2.05) is 0 Å². The molecule has 1 saturated heterocycles. The van der Waals surface area contributed by atoms with Gasteiger partial charge in [-0.15, -0.1) is 0 Å². The lowest BCUT2D eigenvalue weighted by Gasteiger charge is -2.16. The minimum atomic E-state index is -3.26. The standard InChI is InChI=1S/C24H47O6P/c1-3-5-7-9-10-14-18-23(17-13-8-6-4-2)24(25)27-19-15-11-12-16-20-28-31(26)29-21-22-30-31/h23H,3-22H2,1-2H3. The second-order valence-corrected chi connectivity index (χ2v) is 10.3. The van der Waals surface area contributed by atoms with Crippen LogP contribution >= 0.6 is 7.82 Å². The summed E-state index contributed by atoms with van der Waals surface area (Å²) < 4.78 is 32.6. The molecular formula is C24H47O6P. The molecule has 0 amide bonds. The molecule has 1 fully saturated rings. The van der Waals surface area contributed by atoms with Gasteiger partial charge in [0, 0.05) is 0 Å². The lowest BCUT2D eigenvalue weighted by molar-refractivity contribution is -0.149. The van der Waals surface area contributed by atoms with Crippen LogP contribution in [0.25, 0.3) is 0 Å². The predicted octanol–water partition coefficient (Wildman–Crippen LogP) is 7.60. The number of carbonyl (C=O) groups is 1. The minimum Gasteiger partial charge on any atom is -0.465 e. The lowest BCUT2D eigenvalue weighted by atomic mass is 9.94. The summed E-state index contributed by atoms with van der Waals surface area (Å²) in [6.07, 6.45) is 17.8. The molecule has 6 nitrogen and oxygen atoms in total. The third-order valence-corrected chi connectivity index (χ3v) is 7.26. The SMILES string of the molecule is CCCCCCCCC(CCCCCC)C(=O)OCCCCCCOP1(=O)OCCO1. The zero-order valence-electron chi connectivity index (χ0n) is 20.1. The van der Waals surface area contributed by atoms with Crippen LogP contribution in [0.4, 0.5) is 0 Å². The van der Waals surface area contributed by atoms with E-state index in [1.165, 1.54) is 51.4 Å². The van der Waals surface area contributed by atoms with Gasteiger partial charge in [0.15, 0.2) is 0 Å². The van der Waals surface area contributed by atoms with E-state index in [1.54, 1.807) is 0 Å². The maximum Gasteiger partial charge on any atom is 0.474 e. The van der Waals surface area contributed by atoms with Crippen molar-refractivity contribution in [2.75, 3.05) is 26.4 Å². The van der Waals surface area contributed by atoms with Gasteiger partial charge in [0.05, 0.1) is 32.3 Å². The first-order chi connectivity index (χ1) is 15.1. The molecule has 1 aliphatic heterocycles. The van der Waals surface area contributed by atoms with Gasteiger partial charge in [-0.05, 0) is 32.1 Å². The quantitative estimate of drug-likeness (QED) is 0.0993. The first-order valence-corrected chi connectivity index (χ1v) is 14.3. The number of hydrogen-bond donors (Lipinski definition) is 0. The highest BCUT2D eigenvalue weighted by atomic mass is 31.2.